The van der Waals surface area contributed by atoms with Gasteiger partial charge in [-0.25, -0.2) is 9.97 Å². The van der Waals surface area contributed by atoms with Crippen molar-refractivity contribution in [3.8, 4) is 0 Å². The van der Waals surface area contributed by atoms with Crippen molar-refractivity contribution in [3.63, 3.8) is 0 Å². The zero-order chi connectivity index (χ0) is 13.8. The molecule has 3 rings (SSSR count). The number of nitrogens with zero attached hydrogens (tertiary/aromatic N) is 2. The van der Waals surface area contributed by atoms with E-state index in [0.29, 0.717) is 4.64 Å². The first-order valence-corrected chi connectivity index (χ1v) is 5.99. The predicted molar refractivity (Wildman–Crippen MR) is 67.9 cm³/mol. The molecule has 0 aromatic carbocycles. The van der Waals surface area contributed by atoms with Crippen LogP contribution >= 0.6 is 12.2 Å². The lowest BCUT2D eigenvalue weighted by molar-refractivity contribution is -0.00588. The van der Waals surface area contributed by atoms with Gasteiger partial charge < -0.3 is 30.0 Å². The second kappa shape index (κ2) is 6.17. The number of aromatic nitrogens is 4. The Bertz CT molecular complexity index is 586. The Morgan fingerprint density at radius 2 is 2.05 bits per heavy atom. The van der Waals surface area contributed by atoms with Gasteiger partial charge in [0.25, 0.3) is 0 Å². The molecule has 9 heteroatoms. The average molecular weight is 286 g/mol. The Morgan fingerprint density at radius 3 is 2.58 bits per heavy atom. The monoisotopic (exact) mass is 286 g/mol. The van der Waals surface area contributed by atoms with Gasteiger partial charge in [-0.2, -0.15) is 0 Å². The summed E-state index contributed by atoms with van der Waals surface area (Å²) >= 11 is 4.91. The maximum atomic E-state index is 8.92. The van der Waals surface area contributed by atoms with Crippen LogP contribution in [0.3, 0.4) is 0 Å². The lowest BCUT2D eigenvalue weighted by Crippen LogP contribution is -2.31. The fraction of sp³-hybridized carbons (Fsp3) is 0.500. The second-order valence-electron chi connectivity index (χ2n) is 3.95. The highest BCUT2D eigenvalue weighted by Gasteiger charge is 2.33. The van der Waals surface area contributed by atoms with Crippen molar-refractivity contribution >= 4 is 23.4 Å². The summed E-state index contributed by atoms with van der Waals surface area (Å²) in [6.45, 7) is -0.120. The fourth-order valence-electron chi connectivity index (χ4n) is 1.61. The van der Waals surface area contributed by atoms with Crippen molar-refractivity contribution in [1.82, 2.24) is 19.9 Å². The van der Waals surface area contributed by atoms with Gasteiger partial charge in [0.1, 0.15) is 23.8 Å². The number of rotatable bonds is 1. The van der Waals surface area contributed by atoms with Gasteiger partial charge in [0.05, 0.1) is 25.9 Å². The van der Waals surface area contributed by atoms with Gasteiger partial charge in [-0.1, -0.05) is 12.2 Å². The van der Waals surface area contributed by atoms with Crippen LogP contribution < -0.4 is 0 Å². The van der Waals surface area contributed by atoms with E-state index in [-0.39, 0.29) is 13.2 Å². The molecule has 0 unspecified atom stereocenters. The summed E-state index contributed by atoms with van der Waals surface area (Å²) in [5.41, 5.74) is 1.54. The molecular weight excluding hydrogens is 272 g/mol. The number of hydrogen-bond acceptors (Lipinski definition) is 7. The molecule has 8 nitrogen and oxygen atoms in total. The number of ether oxygens (including phenoxy) is 1. The van der Waals surface area contributed by atoms with E-state index in [0.717, 1.165) is 11.2 Å². The third kappa shape index (κ3) is 3.14. The van der Waals surface area contributed by atoms with Crippen LogP contribution in [0.25, 0.3) is 11.2 Å². The van der Waals surface area contributed by atoms with Gasteiger partial charge in [0.2, 0.25) is 0 Å². The smallest absolute Gasteiger partial charge is 0.159 e. The van der Waals surface area contributed by atoms with Crippen molar-refractivity contribution < 1.29 is 20.1 Å². The topological polar surface area (TPSA) is 127 Å². The first-order valence-electron chi connectivity index (χ1n) is 5.59. The van der Waals surface area contributed by atoms with E-state index in [1.165, 1.54) is 6.33 Å². The largest absolute Gasteiger partial charge is 0.394 e. The van der Waals surface area contributed by atoms with Gasteiger partial charge in [-0.3, -0.25) is 0 Å². The summed E-state index contributed by atoms with van der Waals surface area (Å²) in [6.07, 6.45) is 0.765. The minimum Gasteiger partial charge on any atom is -0.394 e. The number of imidazole rings is 1. The van der Waals surface area contributed by atoms with Crippen LogP contribution in [-0.2, 0) is 4.74 Å². The van der Waals surface area contributed by atoms with Crippen LogP contribution in [0, 0.1) is 4.64 Å². The third-order valence-electron chi connectivity index (χ3n) is 2.67. The van der Waals surface area contributed by atoms with Crippen LogP contribution in [0.5, 0.6) is 0 Å². The number of aliphatic hydroxyl groups excluding tert-OH is 3. The van der Waals surface area contributed by atoms with Crippen LogP contribution in [0.4, 0.5) is 0 Å². The second-order valence-corrected chi connectivity index (χ2v) is 4.33. The molecule has 0 bridgehead atoms. The maximum absolute atomic E-state index is 8.92. The maximum Gasteiger partial charge on any atom is 0.159 e. The molecule has 0 aliphatic carbocycles. The highest BCUT2D eigenvalue weighted by Crippen LogP contribution is 2.12. The Hall–Kier alpha value is -1.39. The molecule has 2 aromatic rings. The first kappa shape index (κ1) is 14.0. The third-order valence-corrected chi connectivity index (χ3v) is 2.98. The minimum atomic E-state index is -0.921. The van der Waals surface area contributed by atoms with Crippen molar-refractivity contribution in [3.05, 3.63) is 17.3 Å². The number of aliphatic hydroxyl groups is 3. The van der Waals surface area contributed by atoms with Crippen molar-refractivity contribution in [2.75, 3.05) is 13.2 Å². The quantitative estimate of drug-likeness (QED) is 0.430. The standard InChI is InChI=1S/C5H4N4S.C5H10O4/c10-5-3-4(7-1-6-3)8-2-9-5;6-1-4-5(8)3(7)2-9-4/h1-2H,(H2,6,7,8,9,10);3-8H,1-2H2/t;3-,4+,5-/m.0/s1. The number of aromatic amines is 2. The van der Waals surface area contributed by atoms with E-state index in [2.05, 4.69) is 19.9 Å². The molecule has 0 saturated carbocycles. The predicted octanol–water partition coefficient (Wildman–Crippen LogP) is -0.885. The van der Waals surface area contributed by atoms with E-state index in [4.69, 9.17) is 32.3 Å². The Balaban J connectivity index is 0.000000141. The zero-order valence-electron chi connectivity index (χ0n) is 9.85. The molecule has 104 valence electrons. The molecule has 1 saturated heterocycles. The summed E-state index contributed by atoms with van der Waals surface area (Å²) < 4.78 is 5.32. The summed E-state index contributed by atoms with van der Waals surface area (Å²) in [6, 6.07) is 0. The lowest BCUT2D eigenvalue weighted by Gasteiger charge is -2.10. The number of H-pyrrole nitrogens is 2. The van der Waals surface area contributed by atoms with E-state index >= 15 is 0 Å². The SMILES string of the molecule is OC[C@H]1OC[C@H](O)[C@@H]1O.S=c1nc[nH]c2nc[nH]c12. The van der Waals surface area contributed by atoms with Crippen LogP contribution in [-0.4, -0.2) is 66.8 Å². The van der Waals surface area contributed by atoms with Crippen LogP contribution in [0.15, 0.2) is 12.7 Å². The first-order chi connectivity index (χ1) is 9.13. The molecule has 1 aliphatic heterocycles. The molecular formula is C10H14N4O4S. The molecule has 0 amide bonds. The van der Waals surface area contributed by atoms with E-state index in [1.807, 2.05) is 0 Å². The fourth-order valence-corrected chi connectivity index (χ4v) is 1.82. The van der Waals surface area contributed by atoms with Gasteiger partial charge >= 0.3 is 0 Å². The lowest BCUT2D eigenvalue weighted by atomic mass is 10.2. The van der Waals surface area contributed by atoms with Crippen molar-refractivity contribution in [1.29, 1.82) is 0 Å². The highest BCUT2D eigenvalue weighted by atomic mass is 32.1. The molecule has 19 heavy (non-hydrogen) atoms. The molecule has 3 atom stereocenters. The van der Waals surface area contributed by atoms with Gasteiger partial charge in [-0.05, 0) is 0 Å². The van der Waals surface area contributed by atoms with E-state index in [9.17, 15) is 0 Å². The Morgan fingerprint density at radius 1 is 1.32 bits per heavy atom. The molecule has 1 fully saturated rings. The molecule has 1 aliphatic rings. The Labute approximate surface area is 113 Å². The van der Waals surface area contributed by atoms with E-state index in [1.54, 1.807) is 6.33 Å². The van der Waals surface area contributed by atoms with Crippen molar-refractivity contribution in [2.24, 2.45) is 0 Å². The Kier molecular flexibility index (Phi) is 4.56. The van der Waals surface area contributed by atoms with Crippen LogP contribution in [0.1, 0.15) is 0 Å². The molecule has 2 aromatic heterocycles. The highest BCUT2D eigenvalue weighted by molar-refractivity contribution is 7.71. The van der Waals surface area contributed by atoms with Crippen molar-refractivity contribution in [2.45, 2.75) is 18.3 Å². The number of hydrogen-bond donors (Lipinski definition) is 5. The zero-order valence-corrected chi connectivity index (χ0v) is 10.7. The van der Waals surface area contributed by atoms with Gasteiger partial charge in [0.15, 0.2) is 10.3 Å². The number of fused-ring (bicyclic) bond motifs is 1. The molecule has 5 N–H and O–H groups in total. The van der Waals surface area contributed by atoms with Crippen LogP contribution in [0.2, 0.25) is 0 Å². The molecule has 0 spiro atoms. The summed E-state index contributed by atoms with van der Waals surface area (Å²) in [4.78, 5) is 13.6. The normalized spacial score (nSPS) is 26.2. The van der Waals surface area contributed by atoms with E-state index < -0.39 is 18.3 Å². The molecule has 3 heterocycles. The summed E-state index contributed by atoms with van der Waals surface area (Å²) in [5, 5.41) is 26.2. The summed E-state index contributed by atoms with van der Waals surface area (Å²) in [5.74, 6) is 0. The molecule has 0 radical (unpaired) electrons. The van der Waals surface area contributed by atoms with Gasteiger partial charge in [-0.15, -0.1) is 0 Å². The average Bonchev–Trinajstić information content (AvgIpc) is 3.00. The van der Waals surface area contributed by atoms with Gasteiger partial charge in [0, 0.05) is 0 Å². The summed E-state index contributed by atoms with van der Waals surface area (Å²) in [7, 11) is 0. The number of nitrogens with one attached hydrogen (secondary N) is 2. The minimum absolute atomic E-state index is 0.117.